The molecule has 0 unspecified atom stereocenters. The lowest BCUT2D eigenvalue weighted by Gasteiger charge is -2.27. The molecule has 118 valence electrons. The minimum atomic E-state index is -0.530. The lowest BCUT2D eigenvalue weighted by molar-refractivity contribution is -0.139. The third kappa shape index (κ3) is 4.00. The van der Waals surface area contributed by atoms with E-state index in [1.165, 1.54) is 4.90 Å². The molecule has 0 saturated heterocycles. The molecule has 1 aromatic rings. The summed E-state index contributed by atoms with van der Waals surface area (Å²) in [5.41, 5.74) is 1.12. The molecular weight excluding hydrogens is 286 g/mol. The van der Waals surface area contributed by atoms with Crippen LogP contribution in [0, 0.1) is 0 Å². The fourth-order valence-corrected chi connectivity index (χ4v) is 2.15. The van der Waals surface area contributed by atoms with Crippen LogP contribution in [0.2, 0.25) is 0 Å². The van der Waals surface area contributed by atoms with E-state index in [9.17, 15) is 14.7 Å². The van der Waals surface area contributed by atoms with Crippen molar-refractivity contribution in [2.24, 2.45) is 0 Å². The average molecular weight is 305 g/mol. The summed E-state index contributed by atoms with van der Waals surface area (Å²) in [4.78, 5) is 25.0. The zero-order chi connectivity index (χ0) is 15.9. The average Bonchev–Trinajstić information content (AvgIpc) is 2.53. The van der Waals surface area contributed by atoms with E-state index in [0.29, 0.717) is 6.54 Å². The SMILES string of the molecule is CCOC(=O)C1=C(O)CN(C(=O)OCc2ccccc2)CC1. The van der Waals surface area contributed by atoms with Crippen LogP contribution in [0.15, 0.2) is 41.7 Å². The molecule has 1 N–H and O–H groups in total. The van der Waals surface area contributed by atoms with E-state index in [1.54, 1.807) is 6.92 Å². The predicted octanol–water partition coefficient (Wildman–Crippen LogP) is 2.40. The zero-order valence-electron chi connectivity index (χ0n) is 12.4. The molecule has 0 radical (unpaired) electrons. The lowest BCUT2D eigenvalue weighted by atomic mass is 10.1. The molecule has 0 aliphatic carbocycles. The van der Waals surface area contributed by atoms with Gasteiger partial charge in [-0.2, -0.15) is 0 Å². The quantitative estimate of drug-likeness (QED) is 0.864. The first-order valence-corrected chi connectivity index (χ1v) is 7.15. The molecule has 0 fully saturated rings. The molecule has 1 aliphatic heterocycles. The Morgan fingerprint density at radius 3 is 2.59 bits per heavy atom. The van der Waals surface area contributed by atoms with Crippen LogP contribution in [-0.4, -0.2) is 41.8 Å². The Labute approximate surface area is 128 Å². The standard InChI is InChI=1S/C16H19NO5/c1-2-21-15(19)13-8-9-17(10-14(13)18)16(20)22-11-12-6-4-3-5-7-12/h3-7,18H,2,8-11H2,1H3. The first-order chi connectivity index (χ1) is 10.6. The smallest absolute Gasteiger partial charge is 0.410 e. The van der Waals surface area contributed by atoms with Crippen LogP contribution in [0.5, 0.6) is 0 Å². The minimum Gasteiger partial charge on any atom is -0.510 e. The van der Waals surface area contributed by atoms with E-state index in [2.05, 4.69) is 0 Å². The number of rotatable bonds is 4. The van der Waals surface area contributed by atoms with Gasteiger partial charge in [-0.15, -0.1) is 0 Å². The van der Waals surface area contributed by atoms with Crippen LogP contribution in [0.3, 0.4) is 0 Å². The van der Waals surface area contributed by atoms with E-state index in [-0.39, 0.29) is 37.5 Å². The van der Waals surface area contributed by atoms with Gasteiger partial charge < -0.3 is 19.5 Å². The van der Waals surface area contributed by atoms with Crippen molar-refractivity contribution < 1.29 is 24.2 Å². The number of aliphatic hydroxyl groups excluding tert-OH is 1. The van der Waals surface area contributed by atoms with Crippen LogP contribution in [0.4, 0.5) is 4.79 Å². The Morgan fingerprint density at radius 1 is 1.23 bits per heavy atom. The van der Waals surface area contributed by atoms with Crippen molar-refractivity contribution in [2.45, 2.75) is 20.0 Å². The Bertz CT molecular complexity index is 567. The maximum Gasteiger partial charge on any atom is 0.410 e. The third-order valence-electron chi connectivity index (χ3n) is 3.31. The van der Waals surface area contributed by atoms with Crippen molar-refractivity contribution in [3.05, 3.63) is 47.2 Å². The second kappa shape index (κ2) is 7.49. The van der Waals surface area contributed by atoms with E-state index >= 15 is 0 Å². The van der Waals surface area contributed by atoms with Gasteiger partial charge in [0.15, 0.2) is 0 Å². The Hall–Kier alpha value is -2.50. The summed E-state index contributed by atoms with van der Waals surface area (Å²) in [5.74, 6) is -0.668. The van der Waals surface area contributed by atoms with Gasteiger partial charge in [-0.05, 0) is 12.5 Å². The number of hydrogen-bond donors (Lipinski definition) is 1. The van der Waals surface area contributed by atoms with Gasteiger partial charge in [0.05, 0.1) is 18.7 Å². The van der Waals surface area contributed by atoms with Gasteiger partial charge in [0.1, 0.15) is 12.4 Å². The van der Waals surface area contributed by atoms with E-state index in [0.717, 1.165) is 5.56 Å². The number of ether oxygens (including phenoxy) is 2. The number of esters is 1. The van der Waals surface area contributed by atoms with Crippen LogP contribution < -0.4 is 0 Å². The van der Waals surface area contributed by atoms with Crippen molar-refractivity contribution in [2.75, 3.05) is 19.7 Å². The second-order valence-electron chi connectivity index (χ2n) is 4.86. The van der Waals surface area contributed by atoms with Gasteiger partial charge in [0.2, 0.25) is 0 Å². The number of hydrogen-bond acceptors (Lipinski definition) is 5. The topological polar surface area (TPSA) is 76.1 Å². The molecule has 2 rings (SSSR count). The molecule has 6 heteroatoms. The minimum absolute atomic E-state index is 0.0399. The Morgan fingerprint density at radius 2 is 1.95 bits per heavy atom. The van der Waals surface area contributed by atoms with Gasteiger partial charge in [0.25, 0.3) is 0 Å². The van der Waals surface area contributed by atoms with Crippen LogP contribution in [0.25, 0.3) is 0 Å². The summed E-state index contributed by atoms with van der Waals surface area (Å²) in [6, 6.07) is 9.34. The van der Waals surface area contributed by atoms with Crippen molar-refractivity contribution in [3.8, 4) is 0 Å². The Balaban J connectivity index is 1.89. The van der Waals surface area contributed by atoms with E-state index < -0.39 is 12.1 Å². The van der Waals surface area contributed by atoms with Crippen molar-refractivity contribution >= 4 is 12.1 Å². The maximum atomic E-state index is 12.0. The van der Waals surface area contributed by atoms with E-state index in [1.807, 2.05) is 30.3 Å². The number of aliphatic hydroxyl groups is 1. The summed E-state index contributed by atoms with van der Waals surface area (Å²) >= 11 is 0. The third-order valence-corrected chi connectivity index (χ3v) is 3.31. The molecule has 1 aromatic carbocycles. The maximum absolute atomic E-state index is 12.0. The van der Waals surface area contributed by atoms with Crippen molar-refractivity contribution in [1.29, 1.82) is 0 Å². The summed E-state index contributed by atoms with van der Waals surface area (Å²) in [7, 11) is 0. The van der Waals surface area contributed by atoms with Crippen molar-refractivity contribution in [1.82, 2.24) is 4.90 Å². The monoisotopic (exact) mass is 305 g/mol. The molecule has 1 heterocycles. The van der Waals surface area contributed by atoms with Crippen molar-refractivity contribution in [3.63, 3.8) is 0 Å². The van der Waals surface area contributed by atoms with Gasteiger partial charge >= 0.3 is 12.1 Å². The predicted molar refractivity (Wildman–Crippen MR) is 79.1 cm³/mol. The number of carbonyl (C=O) groups is 2. The molecule has 0 atom stereocenters. The van der Waals surface area contributed by atoms with E-state index in [4.69, 9.17) is 9.47 Å². The molecule has 1 amide bonds. The number of benzene rings is 1. The molecule has 0 spiro atoms. The summed E-state index contributed by atoms with van der Waals surface area (Å²) < 4.78 is 10.1. The summed E-state index contributed by atoms with van der Waals surface area (Å²) in [6.45, 7) is 2.39. The fourth-order valence-electron chi connectivity index (χ4n) is 2.15. The molecule has 0 saturated carbocycles. The van der Waals surface area contributed by atoms with Gasteiger partial charge in [-0.3, -0.25) is 0 Å². The molecule has 1 aliphatic rings. The highest BCUT2D eigenvalue weighted by Gasteiger charge is 2.27. The highest BCUT2D eigenvalue weighted by atomic mass is 16.6. The molecule has 22 heavy (non-hydrogen) atoms. The molecule has 6 nitrogen and oxygen atoms in total. The fraction of sp³-hybridized carbons (Fsp3) is 0.375. The van der Waals surface area contributed by atoms with Gasteiger partial charge in [0, 0.05) is 13.0 Å². The van der Waals surface area contributed by atoms with Crippen LogP contribution in [0.1, 0.15) is 18.9 Å². The highest BCUT2D eigenvalue weighted by molar-refractivity contribution is 5.89. The largest absolute Gasteiger partial charge is 0.510 e. The molecule has 0 bridgehead atoms. The van der Waals surface area contributed by atoms with Gasteiger partial charge in [-0.1, -0.05) is 30.3 Å². The Kier molecular flexibility index (Phi) is 5.41. The first-order valence-electron chi connectivity index (χ1n) is 7.15. The normalized spacial score (nSPS) is 14.7. The summed E-state index contributed by atoms with van der Waals surface area (Å²) in [5, 5.41) is 9.90. The van der Waals surface area contributed by atoms with Crippen LogP contribution >= 0.6 is 0 Å². The van der Waals surface area contributed by atoms with Gasteiger partial charge in [-0.25, -0.2) is 9.59 Å². The number of amides is 1. The second-order valence-corrected chi connectivity index (χ2v) is 4.86. The zero-order valence-corrected chi connectivity index (χ0v) is 12.4. The molecule has 0 aromatic heterocycles. The first kappa shape index (κ1) is 15.9. The highest BCUT2D eigenvalue weighted by Crippen LogP contribution is 2.18. The van der Waals surface area contributed by atoms with Crippen LogP contribution in [-0.2, 0) is 20.9 Å². The summed E-state index contributed by atoms with van der Waals surface area (Å²) in [6.07, 6.45) is -0.260. The lowest BCUT2D eigenvalue weighted by Crippen LogP contribution is -2.38. The number of carbonyl (C=O) groups excluding carboxylic acids is 2. The number of nitrogens with zero attached hydrogens (tertiary/aromatic N) is 1. The molecular formula is C16H19NO5.